The van der Waals surface area contributed by atoms with E-state index < -0.39 is 16.1 Å². The second kappa shape index (κ2) is 5.28. The highest BCUT2D eigenvalue weighted by atomic mass is 35.5. The van der Waals surface area contributed by atoms with Gasteiger partial charge in [-0.3, -0.25) is 4.98 Å². The predicted octanol–water partition coefficient (Wildman–Crippen LogP) is 2.07. The Balaban J connectivity index is 2.25. The zero-order valence-electron chi connectivity index (χ0n) is 10.3. The summed E-state index contributed by atoms with van der Waals surface area (Å²) in [5.41, 5.74) is 0. The highest BCUT2D eigenvalue weighted by molar-refractivity contribution is 7.89. The van der Waals surface area contributed by atoms with E-state index in [4.69, 9.17) is 16.0 Å². The summed E-state index contributed by atoms with van der Waals surface area (Å²) in [6.07, 6.45) is 4.14. The molecule has 2 aromatic rings. The van der Waals surface area contributed by atoms with Crippen LogP contribution in [0.4, 0.5) is 0 Å². The minimum atomic E-state index is -3.77. The van der Waals surface area contributed by atoms with Gasteiger partial charge in [-0.2, -0.15) is 4.72 Å². The molecule has 0 spiro atoms. The molecule has 0 radical (unpaired) electrons. The van der Waals surface area contributed by atoms with Crippen LogP contribution >= 0.6 is 11.6 Å². The molecule has 0 aliphatic rings. The van der Waals surface area contributed by atoms with Crippen LogP contribution in [0.15, 0.2) is 34.0 Å². The fraction of sp³-hybridized carbons (Fsp3) is 0.273. The van der Waals surface area contributed by atoms with Crippen LogP contribution in [0.25, 0.3) is 0 Å². The van der Waals surface area contributed by atoms with Crippen molar-refractivity contribution < 1.29 is 12.8 Å². The standard InChI is InChI=1S/C11H12ClN3O3S/c1-7-5-14-11(18-7)8(2)15-19(16,17)10-6-13-4-3-9(10)12/h3-6,8,15H,1-2H3. The smallest absolute Gasteiger partial charge is 0.244 e. The van der Waals surface area contributed by atoms with Gasteiger partial charge in [-0.1, -0.05) is 11.6 Å². The van der Waals surface area contributed by atoms with Crippen LogP contribution in [-0.2, 0) is 10.0 Å². The predicted molar refractivity (Wildman–Crippen MR) is 69.2 cm³/mol. The molecule has 0 aromatic carbocycles. The van der Waals surface area contributed by atoms with Gasteiger partial charge < -0.3 is 4.42 Å². The van der Waals surface area contributed by atoms with Crippen molar-refractivity contribution in [3.63, 3.8) is 0 Å². The summed E-state index contributed by atoms with van der Waals surface area (Å²) >= 11 is 5.84. The molecule has 0 aliphatic heterocycles. The van der Waals surface area contributed by atoms with E-state index in [0.717, 1.165) is 0 Å². The van der Waals surface area contributed by atoms with Gasteiger partial charge in [0.15, 0.2) is 0 Å². The second-order valence-electron chi connectivity index (χ2n) is 3.96. The molecule has 0 amide bonds. The summed E-state index contributed by atoms with van der Waals surface area (Å²) in [6.45, 7) is 3.36. The number of hydrogen-bond acceptors (Lipinski definition) is 5. The summed E-state index contributed by atoms with van der Waals surface area (Å²) in [7, 11) is -3.77. The monoisotopic (exact) mass is 301 g/mol. The average Bonchev–Trinajstić information content (AvgIpc) is 2.76. The molecule has 8 heteroatoms. The first kappa shape index (κ1) is 14.0. The Kier molecular flexibility index (Phi) is 3.88. The topological polar surface area (TPSA) is 85.1 Å². The van der Waals surface area contributed by atoms with E-state index in [2.05, 4.69) is 14.7 Å². The molecule has 0 saturated carbocycles. The van der Waals surface area contributed by atoms with Gasteiger partial charge in [0.05, 0.1) is 17.3 Å². The van der Waals surface area contributed by atoms with Crippen LogP contribution in [0.2, 0.25) is 5.02 Å². The summed E-state index contributed by atoms with van der Waals surface area (Å²) < 4.78 is 32.0. The van der Waals surface area contributed by atoms with Gasteiger partial charge >= 0.3 is 0 Å². The number of nitrogens with zero attached hydrogens (tertiary/aromatic N) is 2. The molecule has 1 atom stereocenters. The van der Waals surface area contributed by atoms with Crippen molar-refractivity contribution in [2.75, 3.05) is 0 Å². The van der Waals surface area contributed by atoms with E-state index in [1.807, 2.05) is 0 Å². The Labute approximate surface area is 115 Å². The van der Waals surface area contributed by atoms with Crippen LogP contribution in [0.5, 0.6) is 0 Å². The Morgan fingerprint density at radius 3 is 2.74 bits per heavy atom. The Hall–Kier alpha value is -1.44. The summed E-state index contributed by atoms with van der Waals surface area (Å²) in [4.78, 5) is 7.65. The maximum atomic E-state index is 12.1. The molecule has 2 rings (SSSR count). The van der Waals surface area contributed by atoms with E-state index in [1.165, 1.54) is 24.7 Å². The molecule has 19 heavy (non-hydrogen) atoms. The first-order chi connectivity index (χ1) is 8.90. The van der Waals surface area contributed by atoms with Crippen molar-refractivity contribution in [2.24, 2.45) is 0 Å². The molecule has 1 unspecified atom stereocenters. The molecule has 0 saturated heterocycles. The fourth-order valence-electron chi connectivity index (χ4n) is 1.48. The molecule has 2 heterocycles. The van der Waals surface area contributed by atoms with Crippen molar-refractivity contribution in [2.45, 2.75) is 24.8 Å². The van der Waals surface area contributed by atoms with E-state index in [0.29, 0.717) is 11.7 Å². The summed E-state index contributed by atoms with van der Waals surface area (Å²) in [5.74, 6) is 0.904. The number of rotatable bonds is 4. The summed E-state index contributed by atoms with van der Waals surface area (Å²) in [5, 5.41) is 0.110. The lowest BCUT2D eigenvalue weighted by Gasteiger charge is -2.11. The van der Waals surface area contributed by atoms with E-state index in [-0.39, 0.29) is 9.92 Å². The molecule has 0 aliphatic carbocycles. The third kappa shape index (κ3) is 3.12. The molecular weight excluding hydrogens is 290 g/mol. The van der Waals surface area contributed by atoms with Gasteiger partial charge in [0.2, 0.25) is 15.9 Å². The lowest BCUT2D eigenvalue weighted by atomic mass is 10.4. The zero-order chi connectivity index (χ0) is 14.0. The first-order valence-corrected chi connectivity index (χ1v) is 7.30. The summed E-state index contributed by atoms with van der Waals surface area (Å²) in [6, 6.07) is 0.811. The van der Waals surface area contributed by atoms with Gasteiger partial charge in [-0.25, -0.2) is 13.4 Å². The first-order valence-electron chi connectivity index (χ1n) is 5.44. The van der Waals surface area contributed by atoms with Crippen molar-refractivity contribution in [1.29, 1.82) is 0 Å². The highest BCUT2D eigenvalue weighted by Crippen LogP contribution is 2.21. The van der Waals surface area contributed by atoms with Gasteiger partial charge in [-0.05, 0) is 19.9 Å². The third-order valence-corrected chi connectivity index (χ3v) is 4.37. The van der Waals surface area contributed by atoms with Crippen LogP contribution in [-0.4, -0.2) is 18.4 Å². The molecule has 1 N–H and O–H groups in total. The Morgan fingerprint density at radius 1 is 1.42 bits per heavy atom. The normalized spacial score (nSPS) is 13.4. The fourth-order valence-corrected chi connectivity index (χ4v) is 3.11. The number of nitrogens with one attached hydrogen (secondary N) is 1. The van der Waals surface area contributed by atoms with Crippen molar-refractivity contribution in [3.05, 3.63) is 41.3 Å². The number of aryl methyl sites for hydroxylation is 1. The van der Waals surface area contributed by atoms with E-state index in [1.54, 1.807) is 13.8 Å². The van der Waals surface area contributed by atoms with E-state index >= 15 is 0 Å². The Bertz CT molecular complexity index is 684. The SMILES string of the molecule is Cc1cnc(C(C)NS(=O)(=O)c2cnccc2Cl)o1. The average molecular weight is 302 g/mol. The number of halogens is 1. The molecular formula is C11H12ClN3O3S. The minimum absolute atomic E-state index is 0.0770. The van der Waals surface area contributed by atoms with E-state index in [9.17, 15) is 8.42 Å². The largest absolute Gasteiger partial charge is 0.444 e. The highest BCUT2D eigenvalue weighted by Gasteiger charge is 2.23. The molecule has 2 aromatic heterocycles. The molecule has 0 bridgehead atoms. The zero-order valence-corrected chi connectivity index (χ0v) is 11.9. The lowest BCUT2D eigenvalue weighted by molar-refractivity contribution is 0.428. The number of aromatic nitrogens is 2. The number of oxazole rings is 1. The molecule has 0 fully saturated rings. The molecule has 102 valence electrons. The van der Waals surface area contributed by atoms with Gasteiger partial charge in [0, 0.05) is 12.4 Å². The van der Waals surface area contributed by atoms with Crippen LogP contribution in [0.3, 0.4) is 0 Å². The van der Waals surface area contributed by atoms with Gasteiger partial charge in [-0.15, -0.1) is 0 Å². The lowest BCUT2D eigenvalue weighted by Crippen LogP contribution is -2.27. The third-order valence-electron chi connectivity index (χ3n) is 2.37. The van der Waals surface area contributed by atoms with Crippen LogP contribution < -0.4 is 4.72 Å². The van der Waals surface area contributed by atoms with Gasteiger partial charge in [0.1, 0.15) is 10.7 Å². The number of sulfonamides is 1. The van der Waals surface area contributed by atoms with Crippen molar-refractivity contribution >= 4 is 21.6 Å². The van der Waals surface area contributed by atoms with Crippen LogP contribution in [0.1, 0.15) is 24.6 Å². The maximum Gasteiger partial charge on any atom is 0.244 e. The van der Waals surface area contributed by atoms with Gasteiger partial charge in [0.25, 0.3) is 0 Å². The van der Waals surface area contributed by atoms with Crippen LogP contribution in [0, 0.1) is 6.92 Å². The maximum absolute atomic E-state index is 12.1. The Morgan fingerprint density at radius 2 is 2.16 bits per heavy atom. The van der Waals surface area contributed by atoms with Crippen molar-refractivity contribution in [3.8, 4) is 0 Å². The minimum Gasteiger partial charge on any atom is -0.444 e. The second-order valence-corrected chi connectivity index (χ2v) is 6.05. The molecule has 6 nitrogen and oxygen atoms in total. The quantitative estimate of drug-likeness (QED) is 0.934. The van der Waals surface area contributed by atoms with Crippen molar-refractivity contribution in [1.82, 2.24) is 14.7 Å². The number of pyridine rings is 1. The number of hydrogen-bond donors (Lipinski definition) is 1.